The minimum Gasteiger partial charge on any atom is -0.507 e. The van der Waals surface area contributed by atoms with E-state index in [9.17, 15) is 9.90 Å². The highest BCUT2D eigenvalue weighted by molar-refractivity contribution is 5.96. The maximum atomic E-state index is 11.9. The van der Waals surface area contributed by atoms with Crippen molar-refractivity contribution >= 4 is 5.91 Å². The summed E-state index contributed by atoms with van der Waals surface area (Å²) in [6, 6.07) is 10.6. The third-order valence-electron chi connectivity index (χ3n) is 2.79. The van der Waals surface area contributed by atoms with Crippen LogP contribution in [0.1, 0.15) is 21.6 Å². The lowest BCUT2D eigenvalue weighted by atomic mass is 10.1. The second-order valence-electron chi connectivity index (χ2n) is 4.35. The SMILES string of the molecule is Cc1ccc(O)c(C(=O)NCCc2ccccn2)c1. The van der Waals surface area contributed by atoms with Crippen molar-refractivity contribution in [3.8, 4) is 5.75 Å². The first-order chi connectivity index (χ1) is 9.16. The lowest BCUT2D eigenvalue weighted by Crippen LogP contribution is -2.26. The van der Waals surface area contributed by atoms with Crippen LogP contribution in [0.3, 0.4) is 0 Å². The van der Waals surface area contributed by atoms with Gasteiger partial charge in [0, 0.05) is 24.9 Å². The van der Waals surface area contributed by atoms with E-state index in [0.717, 1.165) is 11.3 Å². The van der Waals surface area contributed by atoms with E-state index in [1.54, 1.807) is 18.3 Å². The fraction of sp³-hybridized carbons (Fsp3) is 0.200. The standard InChI is InChI=1S/C15H16N2O2/c1-11-5-6-14(18)13(10-11)15(19)17-9-7-12-4-2-3-8-16-12/h2-6,8,10,18H,7,9H2,1H3,(H,17,19). The Morgan fingerprint density at radius 2 is 2.16 bits per heavy atom. The van der Waals surface area contributed by atoms with Crippen LogP contribution in [0.2, 0.25) is 0 Å². The largest absolute Gasteiger partial charge is 0.507 e. The number of nitrogens with zero attached hydrogens (tertiary/aromatic N) is 1. The van der Waals surface area contributed by atoms with Crippen molar-refractivity contribution in [3.63, 3.8) is 0 Å². The lowest BCUT2D eigenvalue weighted by molar-refractivity contribution is 0.0951. The average Bonchev–Trinajstić information content (AvgIpc) is 2.42. The van der Waals surface area contributed by atoms with Crippen LogP contribution in [-0.4, -0.2) is 22.5 Å². The highest BCUT2D eigenvalue weighted by atomic mass is 16.3. The van der Waals surface area contributed by atoms with Gasteiger partial charge in [-0.15, -0.1) is 0 Å². The summed E-state index contributed by atoms with van der Waals surface area (Å²) in [6.07, 6.45) is 2.39. The molecule has 0 aliphatic rings. The summed E-state index contributed by atoms with van der Waals surface area (Å²) in [5.74, 6) is -0.266. The van der Waals surface area contributed by atoms with E-state index in [2.05, 4.69) is 10.3 Å². The van der Waals surface area contributed by atoms with E-state index >= 15 is 0 Å². The molecule has 4 nitrogen and oxygen atoms in total. The number of rotatable bonds is 4. The van der Waals surface area contributed by atoms with Crippen molar-refractivity contribution in [2.24, 2.45) is 0 Å². The Kier molecular flexibility index (Phi) is 4.13. The van der Waals surface area contributed by atoms with Crippen LogP contribution >= 0.6 is 0 Å². The number of hydrogen-bond acceptors (Lipinski definition) is 3. The van der Waals surface area contributed by atoms with Gasteiger partial charge in [-0.2, -0.15) is 0 Å². The predicted octanol–water partition coefficient (Wildman–Crippen LogP) is 2.07. The van der Waals surface area contributed by atoms with Gasteiger partial charge in [-0.3, -0.25) is 9.78 Å². The van der Waals surface area contributed by atoms with E-state index in [-0.39, 0.29) is 11.7 Å². The van der Waals surface area contributed by atoms with Crippen LogP contribution in [0.25, 0.3) is 0 Å². The number of carbonyl (C=O) groups excluding carboxylic acids is 1. The molecule has 1 aromatic carbocycles. The zero-order chi connectivity index (χ0) is 13.7. The summed E-state index contributed by atoms with van der Waals surface area (Å²) in [6.45, 7) is 2.37. The average molecular weight is 256 g/mol. The Balaban J connectivity index is 1.93. The van der Waals surface area contributed by atoms with Crippen molar-refractivity contribution in [3.05, 3.63) is 59.4 Å². The van der Waals surface area contributed by atoms with Gasteiger partial charge >= 0.3 is 0 Å². The fourth-order valence-electron chi connectivity index (χ4n) is 1.78. The Bertz CT molecular complexity index is 568. The van der Waals surface area contributed by atoms with Crippen molar-refractivity contribution in [2.45, 2.75) is 13.3 Å². The monoisotopic (exact) mass is 256 g/mol. The molecule has 0 aliphatic carbocycles. The molecule has 1 amide bonds. The Morgan fingerprint density at radius 3 is 2.89 bits per heavy atom. The highest BCUT2D eigenvalue weighted by Crippen LogP contribution is 2.17. The Hall–Kier alpha value is -2.36. The molecule has 19 heavy (non-hydrogen) atoms. The van der Waals surface area contributed by atoms with E-state index in [4.69, 9.17) is 0 Å². The van der Waals surface area contributed by atoms with Crippen molar-refractivity contribution in [2.75, 3.05) is 6.54 Å². The molecule has 98 valence electrons. The molecule has 0 saturated carbocycles. The lowest BCUT2D eigenvalue weighted by Gasteiger charge is -2.07. The first kappa shape index (κ1) is 13.1. The predicted molar refractivity (Wildman–Crippen MR) is 73.1 cm³/mol. The summed E-state index contributed by atoms with van der Waals surface area (Å²) >= 11 is 0. The van der Waals surface area contributed by atoms with Gasteiger partial charge in [-0.05, 0) is 31.2 Å². The molecule has 1 aromatic heterocycles. The molecule has 0 radical (unpaired) electrons. The van der Waals surface area contributed by atoms with Gasteiger partial charge in [-0.25, -0.2) is 0 Å². The molecule has 0 saturated heterocycles. The van der Waals surface area contributed by atoms with Crippen molar-refractivity contribution < 1.29 is 9.90 Å². The van der Waals surface area contributed by atoms with Gasteiger partial charge in [0.15, 0.2) is 0 Å². The quantitative estimate of drug-likeness (QED) is 0.880. The minimum atomic E-state index is -0.267. The molecule has 2 N–H and O–H groups in total. The van der Waals surface area contributed by atoms with Crippen molar-refractivity contribution in [1.29, 1.82) is 0 Å². The fourth-order valence-corrected chi connectivity index (χ4v) is 1.78. The topological polar surface area (TPSA) is 62.2 Å². The highest BCUT2D eigenvalue weighted by Gasteiger charge is 2.10. The number of aromatic nitrogens is 1. The van der Waals surface area contributed by atoms with Gasteiger partial charge in [0.05, 0.1) is 5.56 Å². The number of pyridine rings is 1. The molecular formula is C15H16N2O2. The third-order valence-corrected chi connectivity index (χ3v) is 2.79. The number of carbonyl (C=O) groups is 1. The van der Waals surface area contributed by atoms with Crippen LogP contribution in [0.4, 0.5) is 0 Å². The minimum absolute atomic E-state index is 0.000867. The number of phenols is 1. The van der Waals surface area contributed by atoms with Gasteiger partial charge in [0.25, 0.3) is 5.91 Å². The van der Waals surface area contributed by atoms with E-state index < -0.39 is 0 Å². The zero-order valence-electron chi connectivity index (χ0n) is 10.8. The van der Waals surface area contributed by atoms with Crippen LogP contribution in [0.15, 0.2) is 42.6 Å². The summed E-state index contributed by atoms with van der Waals surface area (Å²) in [5.41, 5.74) is 2.17. The molecular weight excluding hydrogens is 240 g/mol. The van der Waals surface area contributed by atoms with Crippen LogP contribution in [0.5, 0.6) is 5.75 Å². The number of phenolic OH excluding ortho intramolecular Hbond substituents is 1. The molecule has 0 unspecified atom stereocenters. The molecule has 0 atom stereocenters. The summed E-state index contributed by atoms with van der Waals surface area (Å²) in [7, 11) is 0. The number of benzene rings is 1. The van der Waals surface area contributed by atoms with Crippen molar-refractivity contribution in [1.82, 2.24) is 10.3 Å². The molecule has 4 heteroatoms. The first-order valence-electron chi connectivity index (χ1n) is 6.14. The van der Waals surface area contributed by atoms with Gasteiger partial charge in [-0.1, -0.05) is 17.7 Å². The number of nitrogens with one attached hydrogen (secondary N) is 1. The second-order valence-corrected chi connectivity index (χ2v) is 4.35. The molecule has 0 aliphatic heterocycles. The third kappa shape index (κ3) is 3.55. The smallest absolute Gasteiger partial charge is 0.255 e. The van der Waals surface area contributed by atoms with E-state index in [1.807, 2.05) is 25.1 Å². The molecule has 0 fully saturated rings. The van der Waals surface area contributed by atoms with Gasteiger partial charge in [0.1, 0.15) is 5.75 Å². The van der Waals surface area contributed by atoms with E-state index in [0.29, 0.717) is 18.5 Å². The van der Waals surface area contributed by atoms with E-state index in [1.165, 1.54) is 6.07 Å². The molecule has 2 rings (SSSR count). The molecule has 2 aromatic rings. The number of aryl methyl sites for hydroxylation is 1. The maximum absolute atomic E-state index is 11.9. The van der Waals surface area contributed by atoms with Gasteiger partial charge < -0.3 is 10.4 Å². The van der Waals surface area contributed by atoms with Gasteiger partial charge in [0.2, 0.25) is 0 Å². The normalized spacial score (nSPS) is 10.2. The van der Waals surface area contributed by atoms with Crippen LogP contribution in [0, 0.1) is 6.92 Å². The Labute approximate surface area is 112 Å². The number of amides is 1. The number of hydrogen-bond donors (Lipinski definition) is 2. The first-order valence-corrected chi connectivity index (χ1v) is 6.14. The summed E-state index contributed by atoms with van der Waals surface area (Å²) in [4.78, 5) is 16.1. The van der Waals surface area contributed by atoms with Crippen LogP contribution < -0.4 is 5.32 Å². The second kappa shape index (κ2) is 6.00. The zero-order valence-corrected chi connectivity index (χ0v) is 10.8. The molecule has 1 heterocycles. The maximum Gasteiger partial charge on any atom is 0.255 e. The summed E-state index contributed by atoms with van der Waals surface area (Å²) in [5, 5.41) is 12.4. The Morgan fingerprint density at radius 1 is 1.32 bits per heavy atom. The molecule has 0 spiro atoms. The van der Waals surface area contributed by atoms with Crippen LogP contribution in [-0.2, 0) is 6.42 Å². The summed E-state index contributed by atoms with van der Waals surface area (Å²) < 4.78 is 0. The number of aromatic hydroxyl groups is 1. The molecule has 0 bridgehead atoms.